The van der Waals surface area contributed by atoms with Crippen LogP contribution >= 0.6 is 0 Å². The summed E-state index contributed by atoms with van der Waals surface area (Å²) in [7, 11) is 0. The van der Waals surface area contributed by atoms with Gasteiger partial charge in [-0.2, -0.15) is 0 Å². The van der Waals surface area contributed by atoms with Crippen molar-refractivity contribution in [2.45, 2.75) is 37.8 Å². The Morgan fingerprint density at radius 2 is 1.92 bits per heavy atom. The summed E-state index contributed by atoms with van der Waals surface area (Å²) < 4.78 is 0. The van der Waals surface area contributed by atoms with E-state index >= 15 is 0 Å². The van der Waals surface area contributed by atoms with Crippen molar-refractivity contribution in [3.8, 4) is 0 Å². The number of aromatic nitrogens is 2. The number of unbranched alkanes of at least 4 members (excludes halogenated alkanes) is 1. The molecule has 8 N–H and O–H groups in total. The Hall–Kier alpha value is -1.94. The van der Waals surface area contributed by atoms with Crippen LogP contribution in [0.2, 0.25) is 0 Å². The molecule has 0 saturated heterocycles. The van der Waals surface area contributed by atoms with Crippen molar-refractivity contribution in [1.29, 1.82) is 0 Å². The van der Waals surface area contributed by atoms with Gasteiger partial charge in [-0.3, -0.25) is 9.59 Å². The van der Waals surface area contributed by atoms with Crippen LogP contribution < -0.4 is 22.1 Å². The van der Waals surface area contributed by atoms with Crippen LogP contribution in [0.3, 0.4) is 0 Å². The zero-order valence-electron chi connectivity index (χ0n) is 13.6. The second-order valence-corrected chi connectivity index (χ2v) is 5.29. The van der Waals surface area contributed by atoms with Gasteiger partial charge in [-0.15, -0.1) is 0 Å². The number of nitrogens with two attached hydrogens (primary N) is 2. The van der Waals surface area contributed by atoms with Crippen molar-refractivity contribution in [2.24, 2.45) is 11.5 Å². The van der Waals surface area contributed by atoms with Gasteiger partial charge in [-0.1, -0.05) is 0 Å². The number of amides is 2. The van der Waals surface area contributed by atoms with Gasteiger partial charge in [0.25, 0.3) is 0 Å². The van der Waals surface area contributed by atoms with Crippen molar-refractivity contribution >= 4 is 17.8 Å². The molecule has 11 heteroatoms. The third kappa shape index (κ3) is 8.64. The quantitative estimate of drug-likeness (QED) is 0.184. The molecule has 0 aliphatic heterocycles. The third-order valence-corrected chi connectivity index (χ3v) is 3.38. The first-order valence-electron chi connectivity index (χ1n) is 7.67. The molecule has 1 rings (SSSR count). The van der Waals surface area contributed by atoms with E-state index in [0.717, 1.165) is 0 Å². The summed E-state index contributed by atoms with van der Waals surface area (Å²) >= 11 is 0. The van der Waals surface area contributed by atoms with Crippen molar-refractivity contribution < 1.29 is 36.6 Å². The fourth-order valence-corrected chi connectivity index (χ4v) is 2.10. The molecule has 0 bridgehead atoms. The molecule has 1 heterocycles. The summed E-state index contributed by atoms with van der Waals surface area (Å²) in [4.78, 5) is 41.8. The maximum atomic E-state index is 12.4. The molecule has 0 aromatic carbocycles. The zero-order valence-corrected chi connectivity index (χ0v) is 14.6. The van der Waals surface area contributed by atoms with Gasteiger partial charge < -0.3 is 32.2 Å². The number of rotatable bonds is 11. The second-order valence-electron chi connectivity index (χ2n) is 5.29. The van der Waals surface area contributed by atoms with Crippen molar-refractivity contribution in [3.05, 3.63) is 18.2 Å². The zero-order chi connectivity index (χ0) is 17.9. The summed E-state index contributed by atoms with van der Waals surface area (Å²) in [6, 6.07) is -1.99. The van der Waals surface area contributed by atoms with E-state index in [-0.39, 0.29) is 36.5 Å². The van der Waals surface area contributed by atoms with Crippen LogP contribution in [0.4, 0.5) is 0 Å². The molecular weight excluding hydrogens is 380 g/mol. The number of carboxylic acids is 1. The molecule has 0 saturated carbocycles. The molecule has 10 nitrogen and oxygen atoms in total. The van der Waals surface area contributed by atoms with E-state index in [2.05, 4.69) is 20.6 Å². The minimum absolute atomic E-state index is 0. The molecule has 0 spiro atoms. The topological polar surface area (TPSA) is 176 Å². The fourth-order valence-electron chi connectivity index (χ4n) is 2.10. The van der Waals surface area contributed by atoms with Crippen LogP contribution in [-0.2, 0) is 37.9 Å². The predicted molar refractivity (Wildman–Crippen MR) is 85.7 cm³/mol. The Labute approximate surface area is 156 Å². The minimum atomic E-state index is -1.13. The van der Waals surface area contributed by atoms with Crippen LogP contribution in [0.5, 0.6) is 0 Å². The number of nitrogens with zero attached hydrogens (tertiary/aromatic N) is 1. The van der Waals surface area contributed by atoms with Crippen LogP contribution in [0.25, 0.3) is 0 Å². The normalized spacial score (nSPS) is 12.6. The van der Waals surface area contributed by atoms with Gasteiger partial charge in [-0.25, -0.2) is 9.78 Å². The maximum Gasteiger partial charge on any atom is 0.326 e. The molecule has 2 atom stereocenters. The average molecular weight is 404 g/mol. The number of aromatic amines is 1. The molecular formula is C14H24CuN6O4. The second kappa shape index (κ2) is 12.4. The Morgan fingerprint density at radius 1 is 1.20 bits per heavy atom. The van der Waals surface area contributed by atoms with Crippen LogP contribution in [-0.4, -0.2) is 58.0 Å². The number of carboxylic acid groups (broad SMARTS) is 1. The predicted octanol–water partition coefficient (Wildman–Crippen LogP) is -1.91. The first kappa shape index (κ1) is 23.1. The molecule has 1 aromatic rings. The molecule has 2 amide bonds. The Balaban J connectivity index is 0.00000576. The standard InChI is InChI=1S/C14H24N6O4.Cu/c15-4-2-1-3-10(14(23)24)20-13(22)11(19-12(21)6-16)5-9-7-17-8-18-9;/h7-8,10-11H,1-6,15-16H2,(H,17,18)(H,19,21)(H,20,22)(H,23,24);/t10-,11+;/m0./s1. The van der Waals surface area contributed by atoms with Crippen LogP contribution in [0, 0.1) is 0 Å². The largest absolute Gasteiger partial charge is 0.480 e. The molecule has 0 aliphatic carbocycles. The molecule has 145 valence electrons. The SMILES string of the molecule is NCCCC[C@H](NC(=O)[C@@H](Cc1cnc[nH]1)NC(=O)CN)C(=O)O.[Cu]. The summed E-state index contributed by atoms with van der Waals surface area (Å²) in [5, 5.41) is 14.1. The fraction of sp³-hybridized carbons (Fsp3) is 0.571. The van der Waals surface area contributed by atoms with Gasteiger partial charge in [0.1, 0.15) is 12.1 Å². The summed E-state index contributed by atoms with van der Waals surface area (Å²) in [6.07, 6.45) is 4.62. The van der Waals surface area contributed by atoms with Crippen LogP contribution in [0.1, 0.15) is 25.0 Å². The first-order valence-corrected chi connectivity index (χ1v) is 7.67. The Kier molecular flexibility index (Phi) is 11.5. The van der Waals surface area contributed by atoms with Gasteiger partial charge >= 0.3 is 5.97 Å². The molecule has 1 radical (unpaired) electrons. The number of aliphatic carboxylic acids is 1. The van der Waals surface area contributed by atoms with E-state index in [1.54, 1.807) is 0 Å². The Bertz CT molecular complexity index is 539. The number of H-pyrrole nitrogens is 1. The van der Waals surface area contributed by atoms with E-state index in [4.69, 9.17) is 11.5 Å². The van der Waals surface area contributed by atoms with E-state index in [0.29, 0.717) is 25.1 Å². The molecule has 0 unspecified atom stereocenters. The van der Waals surface area contributed by atoms with Gasteiger partial charge in [0.15, 0.2) is 0 Å². The van der Waals surface area contributed by atoms with Crippen molar-refractivity contribution in [3.63, 3.8) is 0 Å². The minimum Gasteiger partial charge on any atom is -0.480 e. The van der Waals surface area contributed by atoms with Crippen molar-refractivity contribution in [1.82, 2.24) is 20.6 Å². The van der Waals surface area contributed by atoms with Gasteiger partial charge in [0.2, 0.25) is 11.8 Å². The van der Waals surface area contributed by atoms with Gasteiger partial charge in [-0.05, 0) is 25.8 Å². The summed E-state index contributed by atoms with van der Waals surface area (Å²) in [5.41, 5.74) is 11.3. The smallest absolute Gasteiger partial charge is 0.326 e. The maximum absolute atomic E-state index is 12.4. The van der Waals surface area contributed by atoms with E-state index in [1.807, 2.05) is 0 Å². The van der Waals surface area contributed by atoms with E-state index in [1.165, 1.54) is 12.5 Å². The molecule has 0 fully saturated rings. The van der Waals surface area contributed by atoms with Crippen LogP contribution in [0.15, 0.2) is 12.5 Å². The van der Waals surface area contributed by atoms with Gasteiger partial charge in [0, 0.05) is 35.4 Å². The summed E-state index contributed by atoms with van der Waals surface area (Å²) in [5.74, 6) is -2.23. The molecule has 25 heavy (non-hydrogen) atoms. The molecule has 0 aliphatic rings. The van der Waals surface area contributed by atoms with Crippen molar-refractivity contribution in [2.75, 3.05) is 13.1 Å². The number of imidazole rings is 1. The third-order valence-electron chi connectivity index (χ3n) is 3.38. The number of hydrogen-bond acceptors (Lipinski definition) is 6. The van der Waals surface area contributed by atoms with Gasteiger partial charge in [0.05, 0.1) is 12.9 Å². The first-order chi connectivity index (χ1) is 11.5. The number of hydrogen-bond donors (Lipinski definition) is 6. The van der Waals surface area contributed by atoms with E-state index < -0.39 is 29.9 Å². The Morgan fingerprint density at radius 3 is 2.44 bits per heavy atom. The number of carbonyl (C=O) groups excluding carboxylic acids is 2. The monoisotopic (exact) mass is 403 g/mol. The molecule has 1 aromatic heterocycles. The average Bonchev–Trinajstić information content (AvgIpc) is 3.06. The number of nitrogens with one attached hydrogen (secondary N) is 3. The summed E-state index contributed by atoms with van der Waals surface area (Å²) in [6.45, 7) is 0.181. The van der Waals surface area contributed by atoms with E-state index in [9.17, 15) is 19.5 Å². The number of carbonyl (C=O) groups is 3.